The van der Waals surface area contributed by atoms with Gasteiger partial charge in [-0.05, 0) is 60.8 Å². The zero-order valence-electron chi connectivity index (χ0n) is 18.8. The van der Waals surface area contributed by atoms with Crippen molar-refractivity contribution < 1.29 is 4.79 Å². The van der Waals surface area contributed by atoms with Gasteiger partial charge in [-0.1, -0.05) is 30.3 Å². The van der Waals surface area contributed by atoms with E-state index in [1.807, 2.05) is 48.7 Å². The van der Waals surface area contributed by atoms with E-state index in [2.05, 4.69) is 56.6 Å². The summed E-state index contributed by atoms with van der Waals surface area (Å²) in [7, 11) is 2.15. The molecule has 33 heavy (non-hydrogen) atoms. The molecule has 0 saturated carbocycles. The number of hydrogen-bond acceptors (Lipinski definition) is 5. The maximum Gasteiger partial charge on any atom is 0.266 e. The molecule has 6 nitrogen and oxygen atoms in total. The highest BCUT2D eigenvalue weighted by Gasteiger charge is 2.17. The van der Waals surface area contributed by atoms with Gasteiger partial charge < -0.3 is 15.1 Å². The number of hydrogen-bond donors (Lipinski definition) is 2. The van der Waals surface area contributed by atoms with Gasteiger partial charge in [-0.15, -0.1) is 11.3 Å². The molecule has 168 valence electrons. The number of nitrogens with zero attached hydrogens (tertiary/aromatic N) is 3. The van der Waals surface area contributed by atoms with Crippen LogP contribution in [0.25, 0.3) is 23.1 Å². The van der Waals surface area contributed by atoms with Gasteiger partial charge in [0.05, 0.1) is 21.8 Å². The van der Waals surface area contributed by atoms with E-state index in [1.165, 1.54) is 11.3 Å². The Morgan fingerprint density at radius 1 is 1.09 bits per heavy atom. The topological polar surface area (TPSA) is 64.3 Å². The quantitative estimate of drug-likeness (QED) is 0.437. The molecular weight excluding hydrogens is 430 g/mol. The summed E-state index contributed by atoms with van der Waals surface area (Å²) in [5.74, 6) is -0.0714. The molecule has 0 aliphatic carbocycles. The van der Waals surface area contributed by atoms with E-state index in [1.54, 1.807) is 0 Å². The molecule has 4 aromatic rings. The number of aryl methyl sites for hydroxylation is 1. The minimum absolute atomic E-state index is 0.0714. The molecule has 2 aromatic heterocycles. The SMILES string of the molecule is Cc1ccsc1C(=O)Nc1cc(N2CCN(C)CC2)ccc1/C=C/c1n[nH]c2ccccc12. The number of para-hydroxylation sites is 1. The average Bonchev–Trinajstić information content (AvgIpc) is 3.45. The Morgan fingerprint density at radius 3 is 2.70 bits per heavy atom. The fourth-order valence-corrected chi connectivity index (χ4v) is 4.94. The van der Waals surface area contributed by atoms with E-state index in [0.717, 1.165) is 70.2 Å². The van der Waals surface area contributed by atoms with Gasteiger partial charge in [0, 0.05) is 37.3 Å². The lowest BCUT2D eigenvalue weighted by atomic mass is 10.1. The number of fused-ring (bicyclic) bond motifs is 1. The summed E-state index contributed by atoms with van der Waals surface area (Å²) in [6.07, 6.45) is 4.02. The molecule has 1 aliphatic rings. The fraction of sp³-hybridized carbons (Fsp3) is 0.231. The predicted octanol–water partition coefficient (Wildman–Crippen LogP) is 5.11. The fourth-order valence-electron chi connectivity index (χ4n) is 4.12. The van der Waals surface area contributed by atoms with Crippen LogP contribution in [0.5, 0.6) is 0 Å². The number of piperazine rings is 1. The van der Waals surface area contributed by atoms with E-state index in [-0.39, 0.29) is 5.91 Å². The lowest BCUT2D eigenvalue weighted by Crippen LogP contribution is -2.44. The highest BCUT2D eigenvalue weighted by Crippen LogP contribution is 2.28. The summed E-state index contributed by atoms with van der Waals surface area (Å²) in [6, 6.07) is 16.4. The van der Waals surface area contributed by atoms with Crippen molar-refractivity contribution in [2.75, 3.05) is 43.4 Å². The minimum Gasteiger partial charge on any atom is -0.369 e. The summed E-state index contributed by atoms with van der Waals surface area (Å²) in [5.41, 5.74) is 5.75. The van der Waals surface area contributed by atoms with E-state index in [4.69, 9.17) is 0 Å². The average molecular weight is 458 g/mol. The number of likely N-dealkylation sites (N-methyl/N-ethyl adjacent to an activating group) is 1. The van der Waals surface area contributed by atoms with Crippen LogP contribution in [0.3, 0.4) is 0 Å². The zero-order valence-corrected chi connectivity index (χ0v) is 19.7. The number of rotatable bonds is 5. The smallest absolute Gasteiger partial charge is 0.266 e. The third-order valence-electron chi connectivity index (χ3n) is 6.14. The van der Waals surface area contributed by atoms with E-state index in [0.29, 0.717) is 0 Å². The van der Waals surface area contributed by atoms with Gasteiger partial charge in [0.2, 0.25) is 0 Å². The summed E-state index contributed by atoms with van der Waals surface area (Å²) in [6.45, 7) is 5.98. The van der Waals surface area contributed by atoms with Gasteiger partial charge >= 0.3 is 0 Å². The summed E-state index contributed by atoms with van der Waals surface area (Å²) >= 11 is 1.47. The van der Waals surface area contributed by atoms with Crippen LogP contribution in [0.1, 0.15) is 26.5 Å². The van der Waals surface area contributed by atoms with Crippen molar-refractivity contribution in [2.24, 2.45) is 0 Å². The zero-order chi connectivity index (χ0) is 22.8. The number of nitrogens with one attached hydrogen (secondary N) is 2. The Hall–Kier alpha value is -3.42. The Balaban J connectivity index is 1.47. The standard InChI is InChI=1S/C26H27N5OS/c1-18-11-16-33-25(18)26(32)27-24-17-20(31-14-12-30(2)13-15-31)9-7-19(24)8-10-23-21-5-3-4-6-22(21)28-29-23/h3-11,16-17H,12-15H2,1-2H3,(H,27,32)(H,28,29)/b10-8+. The Bertz CT molecular complexity index is 1310. The van der Waals surface area contributed by atoms with Crippen molar-refractivity contribution in [2.45, 2.75) is 6.92 Å². The molecule has 0 atom stereocenters. The second-order valence-electron chi connectivity index (χ2n) is 8.44. The van der Waals surface area contributed by atoms with E-state index in [9.17, 15) is 4.79 Å². The van der Waals surface area contributed by atoms with Crippen LogP contribution < -0.4 is 10.2 Å². The number of H-pyrrole nitrogens is 1. The van der Waals surface area contributed by atoms with Crippen LogP contribution in [-0.2, 0) is 0 Å². The van der Waals surface area contributed by atoms with E-state index >= 15 is 0 Å². The second kappa shape index (κ2) is 9.21. The van der Waals surface area contributed by atoms with Gasteiger partial charge in [0.15, 0.2) is 0 Å². The van der Waals surface area contributed by atoms with E-state index < -0.39 is 0 Å². The first-order valence-corrected chi connectivity index (χ1v) is 12.0. The maximum absolute atomic E-state index is 13.0. The Kier molecular flexibility index (Phi) is 5.98. The molecule has 1 fully saturated rings. The maximum atomic E-state index is 13.0. The minimum atomic E-state index is -0.0714. The Morgan fingerprint density at radius 2 is 1.91 bits per heavy atom. The van der Waals surface area contributed by atoms with Gasteiger partial charge in [-0.25, -0.2) is 0 Å². The van der Waals surface area contributed by atoms with Crippen molar-refractivity contribution in [3.8, 4) is 0 Å². The second-order valence-corrected chi connectivity index (χ2v) is 9.35. The summed E-state index contributed by atoms with van der Waals surface area (Å²) < 4.78 is 0. The number of aromatic amines is 1. The molecule has 0 bridgehead atoms. The molecular formula is C26H27N5OS. The number of carbonyl (C=O) groups is 1. The molecule has 2 aromatic carbocycles. The van der Waals surface area contributed by atoms with Crippen molar-refractivity contribution in [1.82, 2.24) is 15.1 Å². The molecule has 0 unspecified atom stereocenters. The van der Waals surface area contributed by atoms with Crippen LogP contribution in [0.2, 0.25) is 0 Å². The molecule has 0 radical (unpaired) electrons. The van der Waals surface area contributed by atoms with Crippen molar-refractivity contribution in [3.05, 3.63) is 75.6 Å². The number of carbonyl (C=O) groups excluding carboxylic acids is 1. The molecule has 1 saturated heterocycles. The number of anilines is 2. The molecule has 0 spiro atoms. The van der Waals surface area contributed by atoms with Gasteiger partial charge in [0.1, 0.15) is 0 Å². The number of thiophene rings is 1. The summed E-state index contributed by atoms with van der Waals surface area (Å²) in [5, 5.41) is 13.7. The molecule has 5 rings (SSSR count). The van der Waals surface area contributed by atoms with Gasteiger partial charge in [-0.2, -0.15) is 5.10 Å². The molecule has 2 N–H and O–H groups in total. The van der Waals surface area contributed by atoms with Gasteiger partial charge in [0.25, 0.3) is 5.91 Å². The van der Waals surface area contributed by atoms with Crippen LogP contribution >= 0.6 is 11.3 Å². The van der Waals surface area contributed by atoms with Crippen LogP contribution in [0.4, 0.5) is 11.4 Å². The van der Waals surface area contributed by atoms with Crippen molar-refractivity contribution >= 4 is 51.7 Å². The predicted molar refractivity (Wildman–Crippen MR) is 138 cm³/mol. The first-order chi connectivity index (χ1) is 16.1. The summed E-state index contributed by atoms with van der Waals surface area (Å²) in [4.78, 5) is 18.5. The molecule has 7 heteroatoms. The highest BCUT2D eigenvalue weighted by molar-refractivity contribution is 7.12. The third-order valence-corrected chi connectivity index (χ3v) is 7.16. The van der Waals surface area contributed by atoms with Crippen LogP contribution in [0.15, 0.2) is 53.9 Å². The van der Waals surface area contributed by atoms with Crippen LogP contribution in [-0.4, -0.2) is 54.2 Å². The lowest BCUT2D eigenvalue weighted by molar-refractivity contribution is 0.103. The first kappa shape index (κ1) is 21.4. The first-order valence-electron chi connectivity index (χ1n) is 11.1. The van der Waals surface area contributed by atoms with Crippen LogP contribution in [0, 0.1) is 6.92 Å². The number of aromatic nitrogens is 2. The number of amides is 1. The van der Waals surface area contributed by atoms with Crippen molar-refractivity contribution in [3.63, 3.8) is 0 Å². The normalized spacial score (nSPS) is 14.9. The monoisotopic (exact) mass is 457 g/mol. The lowest BCUT2D eigenvalue weighted by Gasteiger charge is -2.34. The molecule has 1 amide bonds. The number of benzene rings is 2. The molecule has 3 heterocycles. The molecule has 1 aliphatic heterocycles. The Labute approximate surface area is 197 Å². The largest absolute Gasteiger partial charge is 0.369 e. The third kappa shape index (κ3) is 4.55. The highest BCUT2D eigenvalue weighted by atomic mass is 32.1. The van der Waals surface area contributed by atoms with Crippen molar-refractivity contribution in [1.29, 1.82) is 0 Å². The van der Waals surface area contributed by atoms with Gasteiger partial charge in [-0.3, -0.25) is 9.89 Å².